The first-order valence-electron chi connectivity index (χ1n) is 11.5. The maximum atomic E-state index is 12.6. The third kappa shape index (κ3) is 5.53. The average molecular weight is 444 g/mol. The average Bonchev–Trinajstić information content (AvgIpc) is 3.33. The molecule has 1 fully saturated rings. The van der Waals surface area contributed by atoms with Gasteiger partial charge in [-0.25, -0.2) is 0 Å². The van der Waals surface area contributed by atoms with Crippen molar-refractivity contribution in [3.05, 3.63) is 95.1 Å². The summed E-state index contributed by atoms with van der Waals surface area (Å²) in [5.74, 6) is 1.40. The fourth-order valence-electron chi connectivity index (χ4n) is 4.30. The van der Waals surface area contributed by atoms with Crippen LogP contribution in [0.5, 0.6) is 11.5 Å². The normalized spacial score (nSPS) is 16.0. The third-order valence-electron chi connectivity index (χ3n) is 6.23. The number of ether oxygens (including phenoxy) is 2. The van der Waals surface area contributed by atoms with E-state index >= 15 is 0 Å². The zero-order valence-corrected chi connectivity index (χ0v) is 18.7. The van der Waals surface area contributed by atoms with Gasteiger partial charge in [-0.3, -0.25) is 14.6 Å². The molecule has 0 atom stereocenters. The molecule has 33 heavy (non-hydrogen) atoms. The molecule has 0 saturated carbocycles. The van der Waals surface area contributed by atoms with Crippen molar-refractivity contribution in [3.63, 3.8) is 0 Å². The Hall–Kier alpha value is -3.35. The Balaban J connectivity index is 1.08. The van der Waals surface area contributed by atoms with Crippen LogP contribution in [-0.2, 0) is 19.6 Å². The summed E-state index contributed by atoms with van der Waals surface area (Å²) < 4.78 is 10.7. The van der Waals surface area contributed by atoms with Crippen LogP contribution in [-0.4, -0.2) is 48.7 Å². The quantitative estimate of drug-likeness (QED) is 0.604. The standard InChI is InChI=1S/C27H29N3O3/c31-27(28-17-23-8-11-25-26(16-23)33-20-32-25)24-9-6-22(7-10-24)19-30-14-12-29(13-15-30)18-21-4-2-1-3-5-21/h1-11,16H,12-15,17-20H2,(H,28,31). The van der Waals surface area contributed by atoms with Gasteiger partial charge in [-0.1, -0.05) is 48.5 Å². The van der Waals surface area contributed by atoms with E-state index < -0.39 is 0 Å². The van der Waals surface area contributed by atoms with Crippen LogP contribution in [0.1, 0.15) is 27.0 Å². The minimum Gasteiger partial charge on any atom is -0.454 e. The zero-order valence-electron chi connectivity index (χ0n) is 18.7. The second kappa shape index (κ2) is 10.1. The van der Waals surface area contributed by atoms with Crippen LogP contribution in [0.25, 0.3) is 0 Å². The summed E-state index contributed by atoms with van der Waals surface area (Å²) in [4.78, 5) is 17.6. The van der Waals surface area contributed by atoms with Crippen molar-refractivity contribution in [2.75, 3.05) is 33.0 Å². The Kier molecular flexibility index (Phi) is 6.56. The first-order valence-corrected chi connectivity index (χ1v) is 11.5. The summed E-state index contributed by atoms with van der Waals surface area (Å²) in [6, 6.07) is 24.3. The van der Waals surface area contributed by atoms with Crippen molar-refractivity contribution >= 4 is 5.91 Å². The predicted octanol–water partition coefficient (Wildman–Crippen LogP) is 3.66. The molecule has 1 amide bonds. The van der Waals surface area contributed by atoms with E-state index in [1.54, 1.807) is 0 Å². The van der Waals surface area contributed by atoms with Gasteiger partial charge >= 0.3 is 0 Å². The summed E-state index contributed by atoms with van der Waals surface area (Å²) in [5.41, 5.74) is 4.26. The second-order valence-electron chi connectivity index (χ2n) is 8.61. The number of carbonyl (C=O) groups is 1. The fraction of sp³-hybridized carbons (Fsp3) is 0.296. The molecule has 2 heterocycles. The fourth-order valence-corrected chi connectivity index (χ4v) is 4.30. The summed E-state index contributed by atoms with van der Waals surface area (Å²) in [5, 5.41) is 2.98. The van der Waals surface area contributed by atoms with E-state index in [-0.39, 0.29) is 12.7 Å². The number of nitrogens with one attached hydrogen (secondary N) is 1. The molecule has 0 spiro atoms. The van der Waals surface area contributed by atoms with Crippen LogP contribution in [0.15, 0.2) is 72.8 Å². The lowest BCUT2D eigenvalue weighted by atomic mass is 10.1. The van der Waals surface area contributed by atoms with Gasteiger partial charge in [0.15, 0.2) is 11.5 Å². The molecule has 3 aromatic carbocycles. The monoisotopic (exact) mass is 443 g/mol. The zero-order chi connectivity index (χ0) is 22.5. The summed E-state index contributed by atoms with van der Waals surface area (Å²) in [7, 11) is 0. The highest BCUT2D eigenvalue weighted by Gasteiger charge is 2.17. The lowest BCUT2D eigenvalue weighted by Crippen LogP contribution is -2.45. The van der Waals surface area contributed by atoms with Gasteiger partial charge in [0.2, 0.25) is 6.79 Å². The minimum absolute atomic E-state index is 0.0752. The topological polar surface area (TPSA) is 54.0 Å². The molecule has 6 nitrogen and oxygen atoms in total. The number of hydrogen-bond donors (Lipinski definition) is 1. The smallest absolute Gasteiger partial charge is 0.251 e. The van der Waals surface area contributed by atoms with Crippen LogP contribution >= 0.6 is 0 Å². The van der Waals surface area contributed by atoms with Crippen LogP contribution in [0.2, 0.25) is 0 Å². The Morgan fingerprint density at radius 2 is 1.33 bits per heavy atom. The molecule has 0 bridgehead atoms. The molecular weight excluding hydrogens is 414 g/mol. The third-order valence-corrected chi connectivity index (χ3v) is 6.23. The molecule has 0 aromatic heterocycles. The van der Waals surface area contributed by atoms with E-state index in [0.717, 1.165) is 56.3 Å². The van der Waals surface area contributed by atoms with Gasteiger partial charge in [0.25, 0.3) is 5.91 Å². The van der Waals surface area contributed by atoms with E-state index in [4.69, 9.17) is 9.47 Å². The number of hydrogen-bond acceptors (Lipinski definition) is 5. The minimum atomic E-state index is -0.0752. The largest absolute Gasteiger partial charge is 0.454 e. The van der Waals surface area contributed by atoms with Crippen molar-refractivity contribution in [3.8, 4) is 11.5 Å². The van der Waals surface area contributed by atoms with Gasteiger partial charge in [-0.2, -0.15) is 0 Å². The lowest BCUT2D eigenvalue weighted by Gasteiger charge is -2.34. The number of carbonyl (C=O) groups excluding carboxylic acids is 1. The molecule has 0 radical (unpaired) electrons. The molecule has 2 aliphatic rings. The maximum absolute atomic E-state index is 12.6. The van der Waals surface area contributed by atoms with Crippen molar-refractivity contribution in [1.29, 1.82) is 0 Å². The molecule has 0 aliphatic carbocycles. The first kappa shape index (κ1) is 21.5. The summed E-state index contributed by atoms with van der Waals surface area (Å²) >= 11 is 0. The maximum Gasteiger partial charge on any atom is 0.251 e. The predicted molar refractivity (Wildman–Crippen MR) is 127 cm³/mol. The SMILES string of the molecule is O=C(NCc1ccc2c(c1)OCO2)c1ccc(CN2CCN(Cc3ccccc3)CC2)cc1. The highest BCUT2D eigenvalue weighted by atomic mass is 16.7. The summed E-state index contributed by atoms with van der Waals surface area (Å²) in [6.07, 6.45) is 0. The van der Waals surface area contributed by atoms with Gasteiger partial charge in [0.1, 0.15) is 0 Å². The van der Waals surface area contributed by atoms with E-state index in [0.29, 0.717) is 12.1 Å². The van der Waals surface area contributed by atoms with Gasteiger partial charge in [0, 0.05) is 51.4 Å². The molecule has 170 valence electrons. The molecule has 0 unspecified atom stereocenters. The number of nitrogens with zero attached hydrogens (tertiary/aromatic N) is 2. The first-order chi connectivity index (χ1) is 16.2. The van der Waals surface area contributed by atoms with Crippen LogP contribution in [0.4, 0.5) is 0 Å². The number of amides is 1. The van der Waals surface area contributed by atoms with Gasteiger partial charge < -0.3 is 14.8 Å². The van der Waals surface area contributed by atoms with Gasteiger partial charge in [0.05, 0.1) is 0 Å². The highest BCUT2D eigenvalue weighted by molar-refractivity contribution is 5.94. The van der Waals surface area contributed by atoms with Crippen molar-refractivity contribution < 1.29 is 14.3 Å². The van der Waals surface area contributed by atoms with E-state index in [1.165, 1.54) is 11.1 Å². The van der Waals surface area contributed by atoms with Crippen molar-refractivity contribution in [1.82, 2.24) is 15.1 Å². The molecule has 6 heteroatoms. The van der Waals surface area contributed by atoms with Crippen LogP contribution < -0.4 is 14.8 Å². The Morgan fingerprint density at radius 1 is 0.727 bits per heavy atom. The molecule has 1 saturated heterocycles. The highest BCUT2D eigenvalue weighted by Crippen LogP contribution is 2.32. The second-order valence-corrected chi connectivity index (χ2v) is 8.61. The Morgan fingerprint density at radius 3 is 2.03 bits per heavy atom. The molecule has 2 aliphatic heterocycles. The van der Waals surface area contributed by atoms with E-state index in [2.05, 4.69) is 57.6 Å². The number of rotatable bonds is 7. The molecule has 5 rings (SSSR count). The van der Waals surface area contributed by atoms with Gasteiger partial charge in [-0.15, -0.1) is 0 Å². The molecule has 1 N–H and O–H groups in total. The van der Waals surface area contributed by atoms with E-state index in [9.17, 15) is 4.79 Å². The van der Waals surface area contributed by atoms with Crippen LogP contribution in [0, 0.1) is 0 Å². The molecule has 3 aromatic rings. The number of piperazine rings is 1. The summed E-state index contributed by atoms with van der Waals surface area (Å²) in [6.45, 7) is 6.91. The lowest BCUT2D eigenvalue weighted by molar-refractivity contribution is 0.0950. The molecular formula is C27H29N3O3. The van der Waals surface area contributed by atoms with Crippen molar-refractivity contribution in [2.24, 2.45) is 0 Å². The number of fused-ring (bicyclic) bond motifs is 1. The Labute approximate surface area is 194 Å². The van der Waals surface area contributed by atoms with Gasteiger partial charge in [-0.05, 0) is 41.0 Å². The van der Waals surface area contributed by atoms with Crippen molar-refractivity contribution in [2.45, 2.75) is 19.6 Å². The Bertz CT molecular complexity index is 1080. The number of benzene rings is 3. The van der Waals surface area contributed by atoms with Crippen LogP contribution in [0.3, 0.4) is 0 Å². The van der Waals surface area contributed by atoms with E-state index in [1.807, 2.05) is 30.3 Å².